The van der Waals surface area contributed by atoms with Gasteiger partial charge >= 0.3 is 0 Å². The number of rotatable bonds is 6. The summed E-state index contributed by atoms with van der Waals surface area (Å²) >= 11 is 0. The zero-order valence-electron chi connectivity index (χ0n) is 15.8. The Morgan fingerprint density at radius 2 is 2.00 bits per heavy atom. The van der Waals surface area contributed by atoms with E-state index in [-0.39, 0.29) is 5.91 Å². The van der Waals surface area contributed by atoms with Crippen LogP contribution in [0.15, 0.2) is 39.5 Å². The van der Waals surface area contributed by atoms with Crippen molar-refractivity contribution in [2.24, 2.45) is 0 Å². The van der Waals surface area contributed by atoms with Gasteiger partial charge < -0.3 is 23.3 Å². The van der Waals surface area contributed by atoms with Gasteiger partial charge in [-0.15, -0.1) is 0 Å². The summed E-state index contributed by atoms with van der Waals surface area (Å²) in [5.74, 6) is 2.79. The molecular formula is C20H21N3O5. The zero-order chi connectivity index (χ0) is 19.5. The van der Waals surface area contributed by atoms with E-state index in [9.17, 15) is 4.79 Å². The molecule has 0 unspecified atom stereocenters. The lowest BCUT2D eigenvalue weighted by molar-refractivity contribution is -0.132. The maximum atomic E-state index is 12.7. The van der Waals surface area contributed by atoms with Crippen LogP contribution in [-0.4, -0.2) is 41.7 Å². The van der Waals surface area contributed by atoms with E-state index in [1.54, 1.807) is 32.6 Å². The molecule has 0 N–H and O–H groups in total. The molecular weight excluding hydrogens is 362 g/mol. The van der Waals surface area contributed by atoms with Crippen LogP contribution in [0.2, 0.25) is 0 Å². The molecule has 28 heavy (non-hydrogen) atoms. The molecule has 0 fully saturated rings. The van der Waals surface area contributed by atoms with Gasteiger partial charge in [0.1, 0.15) is 0 Å². The summed E-state index contributed by atoms with van der Waals surface area (Å²) in [5.41, 5.74) is 2.26. The maximum absolute atomic E-state index is 12.7. The van der Waals surface area contributed by atoms with Gasteiger partial charge in [-0.3, -0.25) is 4.79 Å². The van der Waals surface area contributed by atoms with Crippen molar-refractivity contribution in [2.75, 3.05) is 20.8 Å². The lowest BCUT2D eigenvalue weighted by Gasteiger charge is -2.29. The monoisotopic (exact) mass is 383 g/mol. The topological polar surface area (TPSA) is 90.8 Å². The highest BCUT2D eigenvalue weighted by Crippen LogP contribution is 2.33. The molecule has 1 aromatic carbocycles. The second kappa shape index (κ2) is 7.75. The van der Waals surface area contributed by atoms with Crippen LogP contribution in [-0.2, 0) is 24.2 Å². The highest BCUT2D eigenvalue weighted by molar-refractivity contribution is 5.76. The number of benzene rings is 1. The zero-order valence-corrected chi connectivity index (χ0v) is 15.8. The number of hydrogen-bond donors (Lipinski definition) is 0. The van der Waals surface area contributed by atoms with Gasteiger partial charge in [-0.05, 0) is 41.8 Å². The van der Waals surface area contributed by atoms with Crippen LogP contribution in [0, 0.1) is 0 Å². The van der Waals surface area contributed by atoms with Crippen LogP contribution in [0.3, 0.4) is 0 Å². The van der Waals surface area contributed by atoms with Gasteiger partial charge in [-0.1, -0.05) is 5.16 Å². The van der Waals surface area contributed by atoms with E-state index in [0.717, 1.165) is 12.0 Å². The van der Waals surface area contributed by atoms with Gasteiger partial charge in [-0.25, -0.2) is 0 Å². The normalized spacial score (nSPS) is 13.3. The van der Waals surface area contributed by atoms with E-state index < -0.39 is 0 Å². The molecule has 8 heteroatoms. The number of carbonyl (C=O) groups is 1. The summed E-state index contributed by atoms with van der Waals surface area (Å²) in [6.07, 6.45) is 3.03. The van der Waals surface area contributed by atoms with Crippen molar-refractivity contribution in [1.82, 2.24) is 15.0 Å². The number of methoxy groups -OCH3 is 2. The average Bonchev–Trinajstić information content (AvgIpc) is 3.42. The molecule has 0 aliphatic carbocycles. The van der Waals surface area contributed by atoms with Crippen LogP contribution >= 0.6 is 0 Å². The van der Waals surface area contributed by atoms with Crippen molar-refractivity contribution in [3.8, 4) is 23.1 Å². The highest BCUT2D eigenvalue weighted by atomic mass is 16.5. The van der Waals surface area contributed by atoms with E-state index in [1.807, 2.05) is 17.0 Å². The van der Waals surface area contributed by atoms with Crippen LogP contribution < -0.4 is 9.47 Å². The Bertz CT molecular complexity index is 964. The number of amides is 1. The van der Waals surface area contributed by atoms with Crippen molar-refractivity contribution in [3.63, 3.8) is 0 Å². The fourth-order valence-electron chi connectivity index (χ4n) is 3.33. The first-order chi connectivity index (χ1) is 13.7. The molecule has 4 rings (SSSR count). The van der Waals surface area contributed by atoms with Crippen molar-refractivity contribution in [2.45, 2.75) is 25.8 Å². The maximum Gasteiger partial charge on any atom is 0.238 e. The summed E-state index contributed by atoms with van der Waals surface area (Å²) in [7, 11) is 3.23. The Balaban J connectivity index is 1.38. The van der Waals surface area contributed by atoms with Crippen LogP contribution in [0.5, 0.6) is 11.5 Å². The number of nitrogens with zero attached hydrogens (tertiary/aromatic N) is 3. The first kappa shape index (κ1) is 18.1. The van der Waals surface area contributed by atoms with Gasteiger partial charge in [0.15, 0.2) is 17.3 Å². The molecule has 3 heterocycles. The first-order valence-electron chi connectivity index (χ1n) is 9.06. The molecule has 0 saturated carbocycles. The number of aryl methyl sites for hydroxylation is 1. The van der Waals surface area contributed by atoms with Crippen molar-refractivity contribution in [3.05, 3.63) is 47.5 Å². The minimum atomic E-state index is 0.0539. The lowest BCUT2D eigenvalue weighted by atomic mass is 9.98. The summed E-state index contributed by atoms with van der Waals surface area (Å²) in [6.45, 7) is 1.22. The van der Waals surface area contributed by atoms with E-state index >= 15 is 0 Å². The Morgan fingerprint density at radius 3 is 2.71 bits per heavy atom. The third-order valence-corrected chi connectivity index (χ3v) is 4.83. The third-order valence-electron chi connectivity index (χ3n) is 4.83. The molecule has 2 aromatic heterocycles. The van der Waals surface area contributed by atoms with Crippen molar-refractivity contribution in [1.29, 1.82) is 0 Å². The molecule has 1 aliphatic rings. The van der Waals surface area contributed by atoms with E-state index in [1.165, 1.54) is 5.56 Å². The van der Waals surface area contributed by atoms with Gasteiger partial charge in [-0.2, -0.15) is 4.98 Å². The fourth-order valence-corrected chi connectivity index (χ4v) is 3.33. The Kier molecular flexibility index (Phi) is 5.01. The highest BCUT2D eigenvalue weighted by Gasteiger charge is 2.23. The molecule has 0 saturated heterocycles. The minimum absolute atomic E-state index is 0.0539. The molecule has 1 amide bonds. The molecule has 8 nitrogen and oxygen atoms in total. The van der Waals surface area contributed by atoms with Gasteiger partial charge in [0.05, 0.1) is 20.5 Å². The molecule has 1 aliphatic heterocycles. The minimum Gasteiger partial charge on any atom is -0.493 e. The van der Waals surface area contributed by atoms with Gasteiger partial charge in [0, 0.05) is 25.9 Å². The van der Waals surface area contributed by atoms with Crippen molar-refractivity contribution >= 4 is 5.91 Å². The van der Waals surface area contributed by atoms with E-state index in [0.29, 0.717) is 54.9 Å². The van der Waals surface area contributed by atoms with Crippen molar-refractivity contribution < 1.29 is 23.2 Å². The Morgan fingerprint density at radius 1 is 1.21 bits per heavy atom. The molecule has 0 bridgehead atoms. The molecule has 0 spiro atoms. The first-order valence-corrected chi connectivity index (χ1v) is 9.06. The second-order valence-electron chi connectivity index (χ2n) is 6.53. The molecule has 0 atom stereocenters. The summed E-state index contributed by atoms with van der Waals surface area (Å²) in [5, 5.41) is 3.88. The average molecular weight is 383 g/mol. The van der Waals surface area contributed by atoms with Crippen LogP contribution in [0.4, 0.5) is 0 Å². The number of aromatic nitrogens is 2. The third kappa shape index (κ3) is 3.58. The van der Waals surface area contributed by atoms with E-state index in [4.69, 9.17) is 18.4 Å². The Labute approximate surface area is 162 Å². The number of furan rings is 1. The standard InChI is InChI=1S/C20H21N3O5/c1-25-16-10-13-7-8-23(12-14(13)11-17(16)26-2)19(24)6-5-18-21-20(22-28-18)15-4-3-9-27-15/h3-4,9-11H,5-8,12H2,1-2H3. The predicted molar refractivity (Wildman–Crippen MR) is 99.0 cm³/mol. The summed E-state index contributed by atoms with van der Waals surface area (Å²) in [4.78, 5) is 18.8. The number of carbonyl (C=O) groups excluding carboxylic acids is 1. The SMILES string of the molecule is COc1cc2c(cc1OC)CN(C(=O)CCc1nc(-c3ccco3)no1)CC2. The predicted octanol–water partition coefficient (Wildman–Crippen LogP) is 2.86. The molecule has 0 radical (unpaired) electrons. The number of hydrogen-bond acceptors (Lipinski definition) is 7. The largest absolute Gasteiger partial charge is 0.493 e. The fraction of sp³-hybridized carbons (Fsp3) is 0.350. The van der Waals surface area contributed by atoms with Crippen LogP contribution in [0.1, 0.15) is 23.4 Å². The molecule has 146 valence electrons. The van der Waals surface area contributed by atoms with Crippen LogP contribution in [0.25, 0.3) is 11.6 Å². The molecule has 3 aromatic rings. The quantitative estimate of drug-likeness (QED) is 0.646. The number of fused-ring (bicyclic) bond motifs is 1. The summed E-state index contributed by atoms with van der Waals surface area (Å²) in [6, 6.07) is 7.45. The van der Waals surface area contributed by atoms with Gasteiger partial charge in [0.25, 0.3) is 0 Å². The summed E-state index contributed by atoms with van der Waals surface area (Å²) < 4.78 is 21.2. The van der Waals surface area contributed by atoms with Gasteiger partial charge in [0.2, 0.25) is 17.6 Å². The smallest absolute Gasteiger partial charge is 0.238 e. The number of ether oxygens (including phenoxy) is 2. The Hall–Kier alpha value is -3.29. The lowest BCUT2D eigenvalue weighted by Crippen LogP contribution is -2.36. The second-order valence-corrected chi connectivity index (χ2v) is 6.53. The van der Waals surface area contributed by atoms with E-state index in [2.05, 4.69) is 10.1 Å².